The lowest BCUT2D eigenvalue weighted by Crippen LogP contribution is -2.18. The van der Waals surface area contributed by atoms with Gasteiger partial charge in [-0.05, 0) is 39.8 Å². The molecule has 0 saturated carbocycles. The molecule has 0 spiro atoms. The molecule has 1 aromatic carbocycles. The predicted octanol–water partition coefficient (Wildman–Crippen LogP) is 4.91. The number of rotatable bonds is 9. The molecule has 0 amide bonds. The first kappa shape index (κ1) is 23.7. The van der Waals surface area contributed by atoms with E-state index < -0.39 is 24.3 Å². The summed E-state index contributed by atoms with van der Waals surface area (Å²) in [7, 11) is 0. The number of Topliss-reactive ketones (excluding diaryl/α,β-unsaturated/α-hetero) is 1. The number of aromatic nitrogens is 2. The number of H-pyrrole nitrogens is 1. The number of carbonyl (C=O) groups excluding carboxylic acids is 3. The molecule has 0 atom stereocenters. The van der Waals surface area contributed by atoms with Crippen LogP contribution in [0.5, 0.6) is 0 Å². The number of thiazole rings is 1. The summed E-state index contributed by atoms with van der Waals surface area (Å²) < 4.78 is 10.4. The van der Waals surface area contributed by atoms with Gasteiger partial charge in [-0.2, -0.15) is 0 Å². The molecule has 0 aliphatic carbocycles. The molecule has 3 rings (SSSR count). The van der Waals surface area contributed by atoms with Gasteiger partial charge >= 0.3 is 11.9 Å². The van der Waals surface area contributed by atoms with E-state index in [1.165, 1.54) is 11.8 Å². The fourth-order valence-electron chi connectivity index (χ4n) is 3.26. The molecule has 2 heterocycles. The SMILES string of the molecule is CCOC(=O)c1c(C)[nH]c(C)c1C(=O)COC(=O)c1ccccc1SCc1csc(C)n1. The third kappa shape index (κ3) is 5.46. The highest BCUT2D eigenvalue weighted by atomic mass is 32.2. The van der Waals surface area contributed by atoms with Crippen LogP contribution in [0.2, 0.25) is 0 Å². The summed E-state index contributed by atoms with van der Waals surface area (Å²) in [5, 5.41) is 2.98. The third-order valence-electron chi connectivity index (χ3n) is 4.62. The third-order valence-corrected chi connectivity index (χ3v) is 6.55. The normalized spacial score (nSPS) is 10.8. The Labute approximate surface area is 194 Å². The van der Waals surface area contributed by atoms with Crippen LogP contribution in [0.3, 0.4) is 0 Å². The van der Waals surface area contributed by atoms with Gasteiger partial charge in [0.25, 0.3) is 0 Å². The zero-order valence-electron chi connectivity index (χ0n) is 18.3. The maximum Gasteiger partial charge on any atom is 0.340 e. The summed E-state index contributed by atoms with van der Waals surface area (Å²) in [5.74, 6) is -1.02. The van der Waals surface area contributed by atoms with Gasteiger partial charge in [0.05, 0.1) is 34.0 Å². The van der Waals surface area contributed by atoms with E-state index in [9.17, 15) is 14.4 Å². The molecule has 0 fully saturated rings. The number of esters is 2. The summed E-state index contributed by atoms with van der Waals surface area (Å²) in [5.41, 5.74) is 2.76. The summed E-state index contributed by atoms with van der Waals surface area (Å²) in [6.07, 6.45) is 0. The van der Waals surface area contributed by atoms with Crippen LogP contribution < -0.4 is 0 Å². The van der Waals surface area contributed by atoms with Gasteiger partial charge in [0.15, 0.2) is 6.61 Å². The van der Waals surface area contributed by atoms with Crippen LogP contribution in [-0.2, 0) is 15.2 Å². The number of hydrogen-bond acceptors (Lipinski definition) is 8. The standard InChI is InChI=1S/C23H24N2O5S2/c1-5-29-23(28)21-14(3)24-13(2)20(21)18(26)10-30-22(27)17-8-6-7-9-19(17)32-12-16-11-31-15(4)25-16/h6-9,11,24H,5,10,12H2,1-4H3. The summed E-state index contributed by atoms with van der Waals surface area (Å²) >= 11 is 3.06. The average Bonchev–Trinajstić information content (AvgIpc) is 3.32. The van der Waals surface area contributed by atoms with Crippen molar-refractivity contribution in [3.63, 3.8) is 0 Å². The first-order valence-corrected chi connectivity index (χ1v) is 11.9. The topological polar surface area (TPSA) is 98.4 Å². The van der Waals surface area contributed by atoms with Crippen molar-refractivity contribution in [3.8, 4) is 0 Å². The lowest BCUT2D eigenvalue weighted by Gasteiger charge is -2.09. The molecule has 0 aliphatic heterocycles. The molecule has 2 aromatic heterocycles. The minimum absolute atomic E-state index is 0.180. The number of thioether (sulfide) groups is 1. The van der Waals surface area contributed by atoms with Gasteiger partial charge < -0.3 is 14.5 Å². The van der Waals surface area contributed by atoms with Gasteiger partial charge in [0.2, 0.25) is 5.78 Å². The minimum atomic E-state index is -0.599. The van der Waals surface area contributed by atoms with Gasteiger partial charge in [-0.15, -0.1) is 23.1 Å². The molecule has 0 bridgehead atoms. The average molecular weight is 473 g/mol. The smallest absolute Gasteiger partial charge is 0.340 e. The number of nitrogens with zero attached hydrogens (tertiary/aromatic N) is 1. The predicted molar refractivity (Wildman–Crippen MR) is 124 cm³/mol. The van der Waals surface area contributed by atoms with Crippen LogP contribution in [0.1, 0.15) is 60.1 Å². The minimum Gasteiger partial charge on any atom is -0.462 e. The van der Waals surface area contributed by atoms with E-state index in [1.54, 1.807) is 44.2 Å². The largest absolute Gasteiger partial charge is 0.462 e. The number of ether oxygens (including phenoxy) is 2. The molecular weight excluding hydrogens is 448 g/mol. The van der Waals surface area contributed by atoms with Crippen molar-refractivity contribution in [3.05, 3.63) is 68.4 Å². The number of ketones is 1. The van der Waals surface area contributed by atoms with Crippen LogP contribution in [0, 0.1) is 20.8 Å². The molecule has 0 saturated heterocycles. The van der Waals surface area contributed by atoms with Crippen molar-refractivity contribution in [1.29, 1.82) is 0 Å². The quantitative estimate of drug-likeness (QED) is 0.268. The molecule has 1 N–H and O–H groups in total. The van der Waals surface area contributed by atoms with Crippen molar-refractivity contribution in [1.82, 2.24) is 9.97 Å². The number of nitrogens with one attached hydrogen (secondary N) is 1. The Morgan fingerprint density at radius 2 is 1.75 bits per heavy atom. The lowest BCUT2D eigenvalue weighted by molar-refractivity contribution is 0.0469. The van der Waals surface area contributed by atoms with E-state index in [0.717, 1.165) is 15.6 Å². The van der Waals surface area contributed by atoms with E-state index >= 15 is 0 Å². The van der Waals surface area contributed by atoms with Gasteiger partial charge in [0.1, 0.15) is 0 Å². The Hall–Kier alpha value is -2.91. The van der Waals surface area contributed by atoms with Crippen LogP contribution in [0.4, 0.5) is 0 Å². The number of aryl methyl sites for hydroxylation is 3. The van der Waals surface area contributed by atoms with Crippen molar-refractivity contribution >= 4 is 40.8 Å². The molecule has 7 nitrogen and oxygen atoms in total. The zero-order valence-corrected chi connectivity index (χ0v) is 19.9. The number of aromatic amines is 1. The number of hydrogen-bond donors (Lipinski definition) is 1. The van der Waals surface area contributed by atoms with Crippen molar-refractivity contribution < 1.29 is 23.9 Å². The Balaban J connectivity index is 1.70. The molecule has 9 heteroatoms. The van der Waals surface area contributed by atoms with E-state index in [1.807, 2.05) is 24.4 Å². The van der Waals surface area contributed by atoms with Gasteiger partial charge in [0, 0.05) is 27.4 Å². The Kier molecular flexibility index (Phi) is 7.87. The first-order valence-electron chi connectivity index (χ1n) is 10.0. The number of benzene rings is 1. The fraction of sp³-hybridized carbons (Fsp3) is 0.304. The monoisotopic (exact) mass is 472 g/mol. The molecule has 0 unspecified atom stereocenters. The summed E-state index contributed by atoms with van der Waals surface area (Å²) in [6.45, 7) is 6.74. The van der Waals surface area contributed by atoms with Gasteiger partial charge in [-0.1, -0.05) is 12.1 Å². The van der Waals surface area contributed by atoms with Crippen LogP contribution in [0.25, 0.3) is 0 Å². The van der Waals surface area contributed by atoms with E-state index in [0.29, 0.717) is 22.7 Å². The summed E-state index contributed by atoms with van der Waals surface area (Å²) in [6, 6.07) is 7.08. The highest BCUT2D eigenvalue weighted by Gasteiger charge is 2.26. The lowest BCUT2D eigenvalue weighted by atomic mass is 10.1. The highest BCUT2D eigenvalue weighted by molar-refractivity contribution is 7.98. The van der Waals surface area contributed by atoms with E-state index in [2.05, 4.69) is 9.97 Å². The molecule has 3 aromatic rings. The maximum absolute atomic E-state index is 12.8. The Bertz CT molecular complexity index is 1150. The second-order valence-corrected chi connectivity index (χ2v) is 9.07. The van der Waals surface area contributed by atoms with Crippen LogP contribution >= 0.6 is 23.1 Å². The van der Waals surface area contributed by atoms with Gasteiger partial charge in [-0.25, -0.2) is 14.6 Å². The van der Waals surface area contributed by atoms with Crippen molar-refractivity contribution in [2.24, 2.45) is 0 Å². The van der Waals surface area contributed by atoms with Gasteiger partial charge in [-0.3, -0.25) is 4.79 Å². The molecule has 32 heavy (non-hydrogen) atoms. The highest BCUT2D eigenvalue weighted by Crippen LogP contribution is 2.27. The molecule has 168 valence electrons. The second-order valence-electron chi connectivity index (χ2n) is 6.99. The Morgan fingerprint density at radius 3 is 2.44 bits per heavy atom. The Morgan fingerprint density at radius 1 is 1.03 bits per heavy atom. The number of carbonyl (C=O) groups is 3. The molecular formula is C23H24N2O5S2. The van der Waals surface area contributed by atoms with Crippen molar-refractivity contribution in [2.75, 3.05) is 13.2 Å². The molecule has 0 radical (unpaired) electrons. The fourth-order valence-corrected chi connectivity index (χ4v) is 4.91. The zero-order chi connectivity index (χ0) is 23.3. The van der Waals surface area contributed by atoms with Crippen LogP contribution in [0.15, 0.2) is 34.5 Å². The van der Waals surface area contributed by atoms with Crippen LogP contribution in [-0.4, -0.2) is 40.9 Å². The maximum atomic E-state index is 12.8. The van der Waals surface area contributed by atoms with Crippen molar-refractivity contribution in [2.45, 2.75) is 38.3 Å². The summed E-state index contributed by atoms with van der Waals surface area (Å²) in [4.78, 5) is 46.0. The van der Waals surface area contributed by atoms with E-state index in [4.69, 9.17) is 9.47 Å². The molecule has 0 aliphatic rings. The first-order chi connectivity index (χ1) is 15.3. The van der Waals surface area contributed by atoms with E-state index in [-0.39, 0.29) is 17.7 Å². The second kappa shape index (κ2) is 10.6.